The Labute approximate surface area is 211 Å². The highest BCUT2D eigenvalue weighted by Gasteiger charge is 2.33. The number of fused-ring (bicyclic) bond motifs is 2. The Morgan fingerprint density at radius 3 is 2.86 bits per heavy atom. The zero-order valence-electron chi connectivity index (χ0n) is 19.6. The van der Waals surface area contributed by atoms with Crippen LogP contribution in [-0.2, 0) is 16.1 Å². The summed E-state index contributed by atoms with van der Waals surface area (Å²) in [6.45, 7) is 0.994. The highest BCUT2D eigenvalue weighted by Crippen LogP contribution is 2.35. The van der Waals surface area contributed by atoms with Crippen LogP contribution in [0.3, 0.4) is 0 Å². The number of methoxy groups -OCH3 is 1. The number of rotatable bonds is 8. The summed E-state index contributed by atoms with van der Waals surface area (Å²) in [7, 11) is 1.56. The number of carbonyl (C=O) groups is 2. The molecule has 188 valence electrons. The second-order valence-electron chi connectivity index (χ2n) is 8.65. The first kappa shape index (κ1) is 24.2. The van der Waals surface area contributed by atoms with Crippen LogP contribution >= 0.6 is 11.8 Å². The number of benzene rings is 2. The summed E-state index contributed by atoms with van der Waals surface area (Å²) in [6.07, 6.45) is -1.71. The molecule has 3 heterocycles. The third-order valence-corrected chi connectivity index (χ3v) is 7.20. The summed E-state index contributed by atoms with van der Waals surface area (Å²) in [5.74, 6) is 0.933. The Bertz CT molecular complexity index is 1380. The molecule has 5 rings (SSSR count). The van der Waals surface area contributed by atoms with Crippen molar-refractivity contribution in [3.8, 4) is 5.75 Å². The Kier molecular flexibility index (Phi) is 6.86. The van der Waals surface area contributed by atoms with Gasteiger partial charge in [0.1, 0.15) is 11.9 Å². The number of amides is 2. The third kappa shape index (κ3) is 5.03. The molecular weight excluding hydrogens is 484 g/mol. The first-order valence-corrected chi connectivity index (χ1v) is 12.5. The lowest BCUT2D eigenvalue weighted by atomic mass is 10.2. The van der Waals surface area contributed by atoms with Crippen LogP contribution in [0.15, 0.2) is 58.2 Å². The van der Waals surface area contributed by atoms with E-state index in [-0.39, 0.29) is 24.6 Å². The molecule has 2 aromatic carbocycles. The van der Waals surface area contributed by atoms with Crippen LogP contribution < -0.4 is 25.8 Å². The van der Waals surface area contributed by atoms with Crippen molar-refractivity contribution in [1.82, 2.24) is 9.88 Å². The van der Waals surface area contributed by atoms with E-state index in [1.54, 1.807) is 25.3 Å². The zero-order chi connectivity index (χ0) is 25.2. The molecule has 0 spiro atoms. The highest BCUT2D eigenvalue weighted by molar-refractivity contribution is 8.00. The van der Waals surface area contributed by atoms with E-state index < -0.39 is 18.3 Å². The maximum absolute atomic E-state index is 12.5. The van der Waals surface area contributed by atoms with Gasteiger partial charge >= 0.3 is 6.09 Å². The number of cyclic esters (lactones) is 1. The molecule has 0 aliphatic carbocycles. The number of ether oxygens (including phenoxy) is 2. The molecule has 0 saturated carbocycles. The topological polar surface area (TPSA) is 122 Å². The zero-order valence-corrected chi connectivity index (χ0v) is 20.4. The summed E-state index contributed by atoms with van der Waals surface area (Å²) in [5, 5.41) is 17.4. The molecule has 10 nitrogen and oxygen atoms in total. The lowest BCUT2D eigenvalue weighted by molar-refractivity contribution is -0.113. The van der Waals surface area contributed by atoms with Crippen molar-refractivity contribution < 1.29 is 24.2 Å². The largest absolute Gasteiger partial charge is 0.497 e. The van der Waals surface area contributed by atoms with Gasteiger partial charge in [-0.15, -0.1) is 11.8 Å². The monoisotopic (exact) mass is 510 g/mol. The summed E-state index contributed by atoms with van der Waals surface area (Å²) >= 11 is 1.46. The summed E-state index contributed by atoms with van der Waals surface area (Å²) in [6, 6.07) is 14.2. The fraction of sp³-hybridized carbons (Fsp3) is 0.320. The number of nitrogens with zero attached hydrogens (tertiary/aromatic N) is 2. The van der Waals surface area contributed by atoms with Crippen LogP contribution in [0.4, 0.5) is 16.2 Å². The number of hydrogen-bond acceptors (Lipinski definition) is 8. The number of anilines is 2. The number of aliphatic hydroxyl groups is 1. The van der Waals surface area contributed by atoms with Gasteiger partial charge in [0.05, 0.1) is 43.3 Å². The number of pyridine rings is 1. The van der Waals surface area contributed by atoms with Gasteiger partial charge < -0.3 is 29.8 Å². The number of thioether (sulfide) groups is 1. The number of carbonyl (C=O) groups excluding carboxylic acids is 2. The van der Waals surface area contributed by atoms with Crippen molar-refractivity contribution in [2.75, 3.05) is 42.7 Å². The van der Waals surface area contributed by atoms with Gasteiger partial charge in [-0.1, -0.05) is 0 Å². The summed E-state index contributed by atoms with van der Waals surface area (Å²) in [5.41, 5.74) is 1.80. The average molecular weight is 511 g/mol. The maximum atomic E-state index is 12.5. The molecule has 2 unspecified atom stereocenters. The molecule has 2 amide bonds. The number of aliphatic hydroxyl groups excluding tert-OH is 1. The predicted molar refractivity (Wildman–Crippen MR) is 137 cm³/mol. The number of hydrogen-bond donors (Lipinski definition) is 3. The lowest BCUT2D eigenvalue weighted by Crippen LogP contribution is -2.38. The van der Waals surface area contributed by atoms with Gasteiger partial charge in [-0.05, 0) is 41.8 Å². The lowest BCUT2D eigenvalue weighted by Gasteiger charge is -2.20. The molecule has 1 saturated heterocycles. The van der Waals surface area contributed by atoms with Crippen LogP contribution in [-0.4, -0.2) is 66.4 Å². The quantitative estimate of drug-likeness (QED) is 0.421. The molecule has 36 heavy (non-hydrogen) atoms. The van der Waals surface area contributed by atoms with Crippen molar-refractivity contribution in [2.45, 2.75) is 23.6 Å². The first-order chi connectivity index (χ1) is 17.4. The Hall–Kier alpha value is -3.54. The van der Waals surface area contributed by atoms with Crippen LogP contribution in [0.5, 0.6) is 5.75 Å². The minimum Gasteiger partial charge on any atom is -0.497 e. The van der Waals surface area contributed by atoms with E-state index in [1.807, 2.05) is 24.3 Å². The van der Waals surface area contributed by atoms with Gasteiger partial charge in [0.25, 0.3) is 5.56 Å². The molecule has 2 aliphatic rings. The highest BCUT2D eigenvalue weighted by atomic mass is 32.2. The normalized spacial score (nSPS) is 18.1. The summed E-state index contributed by atoms with van der Waals surface area (Å²) in [4.78, 5) is 39.1. The molecule has 1 fully saturated rings. The van der Waals surface area contributed by atoms with Crippen LogP contribution in [0.2, 0.25) is 0 Å². The smallest absolute Gasteiger partial charge is 0.414 e. The Morgan fingerprint density at radius 1 is 1.19 bits per heavy atom. The van der Waals surface area contributed by atoms with E-state index >= 15 is 0 Å². The Morgan fingerprint density at radius 2 is 2.03 bits per heavy atom. The minimum absolute atomic E-state index is 0.0702. The molecule has 11 heteroatoms. The molecule has 2 aliphatic heterocycles. The van der Waals surface area contributed by atoms with E-state index in [0.717, 1.165) is 10.3 Å². The van der Waals surface area contributed by atoms with Crippen molar-refractivity contribution >= 4 is 46.0 Å². The molecule has 2 atom stereocenters. The van der Waals surface area contributed by atoms with Crippen molar-refractivity contribution in [2.24, 2.45) is 0 Å². The molecule has 0 bridgehead atoms. The van der Waals surface area contributed by atoms with Gasteiger partial charge in [0.15, 0.2) is 0 Å². The fourth-order valence-electron chi connectivity index (χ4n) is 4.35. The fourth-order valence-corrected chi connectivity index (χ4v) is 5.14. The van der Waals surface area contributed by atoms with Gasteiger partial charge in [-0.3, -0.25) is 14.5 Å². The molecule has 3 aromatic rings. The van der Waals surface area contributed by atoms with Crippen molar-refractivity contribution in [3.05, 3.63) is 58.9 Å². The van der Waals surface area contributed by atoms with Gasteiger partial charge in [0.2, 0.25) is 5.91 Å². The second kappa shape index (κ2) is 10.2. The third-order valence-electron chi connectivity index (χ3n) is 6.13. The van der Waals surface area contributed by atoms with E-state index in [0.29, 0.717) is 41.5 Å². The van der Waals surface area contributed by atoms with Gasteiger partial charge in [-0.25, -0.2) is 4.79 Å². The summed E-state index contributed by atoms with van der Waals surface area (Å²) < 4.78 is 12.3. The minimum atomic E-state index is -0.838. The Balaban J connectivity index is 1.17. The van der Waals surface area contributed by atoms with E-state index in [1.165, 1.54) is 27.3 Å². The van der Waals surface area contributed by atoms with Crippen LogP contribution in [0.25, 0.3) is 10.9 Å². The van der Waals surface area contributed by atoms with Crippen LogP contribution in [0, 0.1) is 0 Å². The maximum Gasteiger partial charge on any atom is 0.414 e. The van der Waals surface area contributed by atoms with Gasteiger partial charge in [0, 0.05) is 35.8 Å². The molecular formula is C25H26N4O6S. The standard InChI is InChI=1S/C25H26N4O6S/c1-34-18-5-2-15-3-7-24(32)29(21(15)9-18)12-17(30)10-26-11-19-13-28(25(33)35-19)16-4-6-22-20(8-16)27-23(31)14-36-22/h2-9,17,19,26,30H,10-14H2,1H3,(H,27,31). The second-order valence-corrected chi connectivity index (χ2v) is 9.67. The van der Waals surface area contributed by atoms with E-state index in [2.05, 4.69) is 10.6 Å². The molecule has 3 N–H and O–H groups in total. The molecule has 1 aromatic heterocycles. The SMILES string of the molecule is COc1ccc2ccc(=O)n(CC(O)CNCC3CN(c4ccc5c(c4)NC(=O)CS5)C(=O)O3)c2c1. The first-order valence-electron chi connectivity index (χ1n) is 11.5. The molecule has 0 radical (unpaired) electrons. The van der Waals surface area contributed by atoms with Crippen molar-refractivity contribution in [1.29, 1.82) is 0 Å². The van der Waals surface area contributed by atoms with E-state index in [9.17, 15) is 19.5 Å². The number of aromatic nitrogens is 1. The van der Waals surface area contributed by atoms with Crippen molar-refractivity contribution in [3.63, 3.8) is 0 Å². The van der Waals surface area contributed by atoms with E-state index in [4.69, 9.17) is 9.47 Å². The number of nitrogens with one attached hydrogen (secondary N) is 2. The average Bonchev–Trinajstić information content (AvgIpc) is 3.25. The van der Waals surface area contributed by atoms with Crippen LogP contribution in [0.1, 0.15) is 0 Å². The predicted octanol–water partition coefficient (Wildman–Crippen LogP) is 2.03. The van der Waals surface area contributed by atoms with Gasteiger partial charge in [-0.2, -0.15) is 0 Å².